The lowest BCUT2D eigenvalue weighted by atomic mass is 10.2. The zero-order valence-corrected chi connectivity index (χ0v) is 11.7. The Hall–Kier alpha value is -2.58. The Kier molecular flexibility index (Phi) is 4.07. The first-order chi connectivity index (χ1) is 10.2. The van der Waals surface area contributed by atoms with Crippen molar-refractivity contribution in [1.29, 1.82) is 0 Å². The van der Waals surface area contributed by atoms with Crippen LogP contribution in [0, 0.1) is 24.0 Å². The molecule has 6 nitrogen and oxygen atoms in total. The number of rotatable bonds is 4. The maximum Gasteiger partial charge on any atom is 0.573 e. The van der Waals surface area contributed by atoms with Crippen LogP contribution in [0.4, 0.5) is 18.9 Å². The number of hydrogen-bond acceptors (Lipinski definition) is 4. The summed E-state index contributed by atoms with van der Waals surface area (Å²) in [5, 5.41) is 15.0. The fourth-order valence-corrected chi connectivity index (χ4v) is 2.12. The number of halogens is 3. The van der Waals surface area contributed by atoms with Crippen LogP contribution in [0.2, 0.25) is 0 Å². The Morgan fingerprint density at radius 1 is 1.36 bits per heavy atom. The molecule has 0 unspecified atom stereocenters. The minimum absolute atomic E-state index is 0.0947. The lowest BCUT2D eigenvalue weighted by molar-refractivity contribution is -0.386. The standard InChI is InChI=1S/C13H12F3N3O3/c1-8-12(19(20)21)9(2)18(17-8)7-10-4-3-5-11(6-10)22-13(14,15)16/h3-6H,7H2,1-2H3. The second-order valence-electron chi connectivity index (χ2n) is 4.63. The van der Waals surface area contributed by atoms with Crippen molar-refractivity contribution in [3.05, 3.63) is 51.3 Å². The molecule has 2 aromatic rings. The molecule has 0 aliphatic heterocycles. The lowest BCUT2D eigenvalue weighted by Gasteiger charge is -2.10. The van der Waals surface area contributed by atoms with Crippen molar-refractivity contribution in [1.82, 2.24) is 9.78 Å². The second-order valence-corrected chi connectivity index (χ2v) is 4.63. The molecule has 0 fully saturated rings. The Morgan fingerprint density at radius 2 is 2.05 bits per heavy atom. The van der Waals surface area contributed by atoms with E-state index in [9.17, 15) is 23.3 Å². The molecule has 118 valence electrons. The predicted octanol–water partition coefficient (Wildman–Crippen LogP) is 3.36. The molecule has 0 spiro atoms. The highest BCUT2D eigenvalue weighted by Gasteiger charge is 2.31. The maximum atomic E-state index is 12.2. The van der Waals surface area contributed by atoms with Crippen LogP contribution in [0.15, 0.2) is 24.3 Å². The fraction of sp³-hybridized carbons (Fsp3) is 0.308. The van der Waals surface area contributed by atoms with Gasteiger partial charge in [0.1, 0.15) is 17.1 Å². The van der Waals surface area contributed by atoms with Crippen molar-refractivity contribution >= 4 is 5.69 Å². The summed E-state index contributed by atoms with van der Waals surface area (Å²) in [7, 11) is 0. The molecule has 0 aliphatic carbocycles. The summed E-state index contributed by atoms with van der Waals surface area (Å²) in [4.78, 5) is 10.4. The average Bonchev–Trinajstić information content (AvgIpc) is 2.62. The van der Waals surface area contributed by atoms with Crippen molar-refractivity contribution in [3.63, 3.8) is 0 Å². The number of aromatic nitrogens is 2. The summed E-state index contributed by atoms with van der Waals surface area (Å²) >= 11 is 0. The largest absolute Gasteiger partial charge is 0.573 e. The molecule has 0 aliphatic rings. The highest BCUT2D eigenvalue weighted by Crippen LogP contribution is 2.25. The first-order valence-corrected chi connectivity index (χ1v) is 6.20. The summed E-state index contributed by atoms with van der Waals surface area (Å²) < 4.78 is 41.8. The normalized spacial score (nSPS) is 11.5. The lowest BCUT2D eigenvalue weighted by Crippen LogP contribution is -2.17. The first kappa shape index (κ1) is 15.8. The molecule has 1 heterocycles. The van der Waals surface area contributed by atoms with Gasteiger partial charge in [-0.05, 0) is 31.5 Å². The number of nitro groups is 1. The molecular weight excluding hydrogens is 303 g/mol. The van der Waals surface area contributed by atoms with E-state index in [4.69, 9.17) is 0 Å². The van der Waals surface area contributed by atoms with Crippen molar-refractivity contribution in [2.45, 2.75) is 26.8 Å². The molecule has 0 atom stereocenters. The number of ether oxygens (including phenoxy) is 1. The van der Waals surface area contributed by atoms with E-state index in [1.807, 2.05) is 0 Å². The van der Waals surface area contributed by atoms with Gasteiger partial charge in [0.25, 0.3) is 0 Å². The van der Waals surface area contributed by atoms with Gasteiger partial charge in [-0.1, -0.05) is 12.1 Å². The van der Waals surface area contributed by atoms with Crippen LogP contribution in [0.3, 0.4) is 0 Å². The quantitative estimate of drug-likeness (QED) is 0.641. The van der Waals surface area contributed by atoms with Crippen LogP contribution in [0.25, 0.3) is 0 Å². The number of alkyl halides is 3. The van der Waals surface area contributed by atoms with Gasteiger partial charge in [-0.3, -0.25) is 14.8 Å². The zero-order chi connectivity index (χ0) is 16.5. The molecule has 0 bridgehead atoms. The summed E-state index contributed by atoms with van der Waals surface area (Å²) in [6.07, 6.45) is -4.77. The van der Waals surface area contributed by atoms with Gasteiger partial charge in [-0.15, -0.1) is 13.2 Å². The van der Waals surface area contributed by atoms with E-state index in [1.54, 1.807) is 6.07 Å². The first-order valence-electron chi connectivity index (χ1n) is 6.20. The second kappa shape index (κ2) is 5.66. The molecule has 0 saturated carbocycles. The molecule has 1 aromatic carbocycles. The molecule has 9 heteroatoms. The summed E-state index contributed by atoms with van der Waals surface area (Å²) in [5.41, 5.74) is 0.986. The Balaban J connectivity index is 2.27. The smallest absolute Gasteiger partial charge is 0.406 e. The van der Waals surface area contributed by atoms with Crippen LogP contribution in [0.1, 0.15) is 17.0 Å². The van der Waals surface area contributed by atoms with Gasteiger partial charge < -0.3 is 4.74 Å². The number of aryl methyl sites for hydroxylation is 1. The highest BCUT2D eigenvalue weighted by atomic mass is 19.4. The van der Waals surface area contributed by atoms with Gasteiger partial charge in [0.05, 0.1) is 11.5 Å². The van der Waals surface area contributed by atoms with Gasteiger partial charge in [0, 0.05) is 0 Å². The minimum Gasteiger partial charge on any atom is -0.406 e. The van der Waals surface area contributed by atoms with Crippen LogP contribution < -0.4 is 4.74 Å². The summed E-state index contributed by atoms with van der Waals surface area (Å²) in [5.74, 6) is -0.346. The third-order valence-electron chi connectivity index (χ3n) is 2.99. The topological polar surface area (TPSA) is 70.2 Å². The van der Waals surface area contributed by atoms with Crippen molar-refractivity contribution in [3.8, 4) is 5.75 Å². The molecule has 0 radical (unpaired) electrons. The fourth-order valence-electron chi connectivity index (χ4n) is 2.12. The van der Waals surface area contributed by atoms with E-state index >= 15 is 0 Å². The predicted molar refractivity (Wildman–Crippen MR) is 70.6 cm³/mol. The van der Waals surface area contributed by atoms with E-state index in [0.29, 0.717) is 11.3 Å². The minimum atomic E-state index is -4.77. The molecule has 22 heavy (non-hydrogen) atoms. The van der Waals surface area contributed by atoms with E-state index in [-0.39, 0.29) is 23.7 Å². The SMILES string of the molecule is Cc1nn(Cc2cccc(OC(F)(F)F)c2)c(C)c1[N+](=O)[O-]. The molecule has 2 rings (SSSR count). The monoisotopic (exact) mass is 315 g/mol. The average molecular weight is 315 g/mol. The molecule has 0 amide bonds. The van der Waals surface area contributed by atoms with Crippen LogP contribution >= 0.6 is 0 Å². The molecule has 1 aromatic heterocycles. The number of benzene rings is 1. The molecule has 0 N–H and O–H groups in total. The Morgan fingerprint density at radius 3 is 2.59 bits per heavy atom. The molecule has 0 saturated heterocycles. The van der Waals surface area contributed by atoms with E-state index < -0.39 is 11.3 Å². The zero-order valence-electron chi connectivity index (χ0n) is 11.7. The van der Waals surface area contributed by atoms with Gasteiger partial charge in [-0.25, -0.2) is 0 Å². The third-order valence-corrected chi connectivity index (χ3v) is 2.99. The van der Waals surface area contributed by atoms with E-state index in [2.05, 4.69) is 9.84 Å². The van der Waals surface area contributed by atoms with Crippen LogP contribution in [-0.4, -0.2) is 21.1 Å². The van der Waals surface area contributed by atoms with E-state index in [0.717, 1.165) is 0 Å². The summed E-state index contributed by atoms with van der Waals surface area (Å²) in [6.45, 7) is 3.15. The number of hydrogen-bond donors (Lipinski definition) is 0. The van der Waals surface area contributed by atoms with Gasteiger partial charge in [0.2, 0.25) is 0 Å². The highest BCUT2D eigenvalue weighted by molar-refractivity contribution is 5.40. The maximum absolute atomic E-state index is 12.2. The van der Waals surface area contributed by atoms with Gasteiger partial charge in [-0.2, -0.15) is 5.10 Å². The number of nitrogens with zero attached hydrogens (tertiary/aromatic N) is 3. The van der Waals surface area contributed by atoms with Crippen LogP contribution in [-0.2, 0) is 6.54 Å². The van der Waals surface area contributed by atoms with Crippen molar-refractivity contribution in [2.24, 2.45) is 0 Å². The third kappa shape index (κ3) is 3.54. The van der Waals surface area contributed by atoms with Crippen molar-refractivity contribution in [2.75, 3.05) is 0 Å². The van der Waals surface area contributed by atoms with Crippen molar-refractivity contribution < 1.29 is 22.8 Å². The molecular formula is C13H12F3N3O3. The van der Waals surface area contributed by atoms with E-state index in [1.165, 1.54) is 36.7 Å². The van der Waals surface area contributed by atoms with Crippen LogP contribution in [0.5, 0.6) is 5.75 Å². The van der Waals surface area contributed by atoms with Gasteiger partial charge in [0.15, 0.2) is 0 Å². The Labute approximate surface area is 123 Å². The Bertz CT molecular complexity index is 710. The van der Waals surface area contributed by atoms with Gasteiger partial charge >= 0.3 is 12.0 Å². The summed E-state index contributed by atoms with van der Waals surface area (Å²) in [6, 6.07) is 5.40.